The molecule has 0 saturated carbocycles. The third-order valence-corrected chi connectivity index (χ3v) is 3.99. The van der Waals surface area contributed by atoms with Crippen molar-refractivity contribution in [1.82, 2.24) is 4.57 Å². The van der Waals surface area contributed by atoms with Crippen LogP contribution in [0.3, 0.4) is 0 Å². The van der Waals surface area contributed by atoms with E-state index in [4.69, 9.17) is 9.47 Å². The quantitative estimate of drug-likeness (QED) is 0.807. The average Bonchev–Trinajstić information content (AvgIpc) is 2.91. The van der Waals surface area contributed by atoms with Crippen LogP contribution in [0.4, 0.5) is 0 Å². The van der Waals surface area contributed by atoms with Crippen LogP contribution in [0.25, 0.3) is 10.9 Å². The maximum Gasteiger partial charge on any atom is 0.340 e. The first kappa shape index (κ1) is 13.2. The minimum Gasteiger partial charge on any atom is -0.465 e. The Morgan fingerprint density at radius 2 is 2.15 bits per heavy atom. The Labute approximate surface area is 118 Å². The van der Waals surface area contributed by atoms with Crippen molar-refractivity contribution in [2.45, 2.75) is 19.4 Å². The van der Waals surface area contributed by atoms with Gasteiger partial charge < -0.3 is 14.0 Å². The molecule has 4 nitrogen and oxygen atoms in total. The van der Waals surface area contributed by atoms with Gasteiger partial charge in [0, 0.05) is 31.3 Å². The second-order valence-electron chi connectivity index (χ2n) is 5.26. The van der Waals surface area contributed by atoms with Crippen LogP contribution < -0.4 is 0 Å². The lowest BCUT2D eigenvalue weighted by Gasteiger charge is -2.23. The second-order valence-corrected chi connectivity index (χ2v) is 5.26. The Morgan fingerprint density at radius 1 is 1.35 bits per heavy atom. The average molecular weight is 273 g/mol. The van der Waals surface area contributed by atoms with E-state index in [0.29, 0.717) is 11.5 Å². The van der Waals surface area contributed by atoms with Gasteiger partial charge in [0.15, 0.2) is 0 Å². The van der Waals surface area contributed by atoms with Gasteiger partial charge in [-0.05, 0) is 30.9 Å². The zero-order chi connectivity index (χ0) is 13.9. The molecule has 0 N–H and O–H groups in total. The summed E-state index contributed by atoms with van der Waals surface area (Å²) in [4.78, 5) is 11.9. The lowest BCUT2D eigenvalue weighted by molar-refractivity contribution is 0.0595. The molecule has 20 heavy (non-hydrogen) atoms. The standard InChI is InChI=1S/C16H19NO3/c1-19-16(18)14-4-2-3-13-5-8-17(15(13)14)11-12-6-9-20-10-7-12/h2-5,8,12H,6-7,9-11H2,1H3. The number of hydrogen-bond acceptors (Lipinski definition) is 3. The van der Waals surface area contributed by atoms with Gasteiger partial charge in [-0.1, -0.05) is 12.1 Å². The van der Waals surface area contributed by atoms with Gasteiger partial charge in [0.1, 0.15) is 0 Å². The number of hydrogen-bond donors (Lipinski definition) is 0. The molecule has 1 aromatic heterocycles. The number of nitrogens with zero attached hydrogens (tertiary/aromatic N) is 1. The van der Waals surface area contributed by atoms with E-state index in [9.17, 15) is 4.79 Å². The number of carbonyl (C=O) groups is 1. The zero-order valence-corrected chi connectivity index (χ0v) is 11.7. The molecule has 1 fully saturated rings. The van der Waals surface area contributed by atoms with E-state index >= 15 is 0 Å². The highest BCUT2D eigenvalue weighted by Gasteiger charge is 2.18. The molecule has 1 aliphatic heterocycles. The van der Waals surface area contributed by atoms with Gasteiger partial charge in [0.25, 0.3) is 0 Å². The third kappa shape index (κ3) is 2.43. The first-order valence-electron chi connectivity index (χ1n) is 7.03. The molecule has 1 aliphatic rings. The molecule has 0 radical (unpaired) electrons. The summed E-state index contributed by atoms with van der Waals surface area (Å²) < 4.78 is 12.5. The Balaban J connectivity index is 1.96. The molecule has 0 atom stereocenters. The minimum absolute atomic E-state index is 0.275. The molecule has 2 heterocycles. The van der Waals surface area contributed by atoms with Crippen molar-refractivity contribution in [3.8, 4) is 0 Å². The molecule has 0 amide bonds. The summed E-state index contributed by atoms with van der Waals surface area (Å²) in [6.45, 7) is 2.61. The molecule has 106 valence electrons. The highest BCUT2D eigenvalue weighted by molar-refractivity contribution is 6.03. The number of para-hydroxylation sites is 1. The molecule has 0 spiro atoms. The summed E-state index contributed by atoms with van der Waals surface area (Å²) in [6, 6.07) is 7.81. The van der Waals surface area contributed by atoms with Crippen LogP contribution in [0.15, 0.2) is 30.5 Å². The Hall–Kier alpha value is -1.81. The SMILES string of the molecule is COC(=O)c1cccc2ccn(CC3CCOCC3)c12. The van der Waals surface area contributed by atoms with Gasteiger partial charge in [-0.3, -0.25) is 0 Å². The first-order chi connectivity index (χ1) is 9.79. The molecular formula is C16H19NO3. The summed E-state index contributed by atoms with van der Waals surface area (Å²) in [7, 11) is 1.42. The van der Waals surface area contributed by atoms with Crippen molar-refractivity contribution in [3.63, 3.8) is 0 Å². The van der Waals surface area contributed by atoms with Crippen molar-refractivity contribution < 1.29 is 14.3 Å². The zero-order valence-electron chi connectivity index (χ0n) is 11.7. The summed E-state index contributed by atoms with van der Waals surface area (Å²) in [5.41, 5.74) is 1.62. The van der Waals surface area contributed by atoms with E-state index < -0.39 is 0 Å². The molecule has 1 saturated heterocycles. The topological polar surface area (TPSA) is 40.5 Å². The van der Waals surface area contributed by atoms with Crippen LogP contribution in [-0.4, -0.2) is 30.9 Å². The second kappa shape index (κ2) is 5.67. The molecule has 1 aromatic carbocycles. The number of esters is 1. The Morgan fingerprint density at radius 3 is 2.90 bits per heavy atom. The van der Waals surface area contributed by atoms with Gasteiger partial charge in [0.2, 0.25) is 0 Å². The number of methoxy groups -OCH3 is 1. The lowest BCUT2D eigenvalue weighted by Crippen LogP contribution is -2.20. The van der Waals surface area contributed by atoms with Crippen LogP contribution >= 0.6 is 0 Å². The first-order valence-corrected chi connectivity index (χ1v) is 7.03. The highest BCUT2D eigenvalue weighted by atomic mass is 16.5. The normalized spacial score (nSPS) is 16.4. The van der Waals surface area contributed by atoms with Crippen molar-refractivity contribution in [2.24, 2.45) is 5.92 Å². The van der Waals surface area contributed by atoms with Gasteiger partial charge in [0.05, 0.1) is 18.2 Å². The maximum absolute atomic E-state index is 11.9. The van der Waals surface area contributed by atoms with Crippen LogP contribution in [0.5, 0.6) is 0 Å². The van der Waals surface area contributed by atoms with Crippen molar-refractivity contribution >= 4 is 16.9 Å². The Kier molecular flexibility index (Phi) is 3.74. The molecular weight excluding hydrogens is 254 g/mol. The number of aromatic nitrogens is 1. The van der Waals surface area contributed by atoms with Crippen LogP contribution in [0.2, 0.25) is 0 Å². The van der Waals surface area contributed by atoms with Crippen LogP contribution in [-0.2, 0) is 16.0 Å². The van der Waals surface area contributed by atoms with E-state index in [1.165, 1.54) is 7.11 Å². The third-order valence-electron chi connectivity index (χ3n) is 3.99. The van der Waals surface area contributed by atoms with E-state index in [-0.39, 0.29) is 5.97 Å². The van der Waals surface area contributed by atoms with Crippen LogP contribution in [0, 0.1) is 5.92 Å². The summed E-state index contributed by atoms with van der Waals surface area (Å²) in [5.74, 6) is 0.340. The Bertz CT molecular complexity index is 611. The van der Waals surface area contributed by atoms with Crippen molar-refractivity contribution in [2.75, 3.05) is 20.3 Å². The minimum atomic E-state index is -0.275. The van der Waals surface area contributed by atoms with Gasteiger partial charge >= 0.3 is 5.97 Å². The largest absolute Gasteiger partial charge is 0.465 e. The predicted octanol–water partition coefficient (Wildman–Crippen LogP) is 2.85. The molecule has 0 unspecified atom stereocenters. The number of ether oxygens (including phenoxy) is 2. The lowest BCUT2D eigenvalue weighted by atomic mass is 10.0. The maximum atomic E-state index is 11.9. The van der Waals surface area contributed by atoms with E-state index in [2.05, 4.69) is 16.8 Å². The molecule has 3 rings (SSSR count). The van der Waals surface area contributed by atoms with Gasteiger partial charge in [-0.25, -0.2) is 4.79 Å². The molecule has 4 heteroatoms. The fourth-order valence-corrected chi connectivity index (χ4v) is 2.90. The molecule has 0 bridgehead atoms. The van der Waals surface area contributed by atoms with Gasteiger partial charge in [-0.15, -0.1) is 0 Å². The highest BCUT2D eigenvalue weighted by Crippen LogP contribution is 2.24. The number of carbonyl (C=O) groups excluding carboxylic acids is 1. The van der Waals surface area contributed by atoms with Crippen molar-refractivity contribution in [3.05, 3.63) is 36.0 Å². The fourth-order valence-electron chi connectivity index (χ4n) is 2.90. The fraction of sp³-hybridized carbons (Fsp3) is 0.438. The monoisotopic (exact) mass is 273 g/mol. The van der Waals surface area contributed by atoms with Crippen molar-refractivity contribution in [1.29, 1.82) is 0 Å². The van der Waals surface area contributed by atoms with E-state index in [1.54, 1.807) is 0 Å². The smallest absolute Gasteiger partial charge is 0.340 e. The summed E-state index contributed by atoms with van der Waals surface area (Å²) in [6.07, 6.45) is 4.23. The van der Waals surface area contributed by atoms with E-state index in [0.717, 1.165) is 43.5 Å². The molecule has 2 aromatic rings. The van der Waals surface area contributed by atoms with Gasteiger partial charge in [-0.2, -0.15) is 0 Å². The number of benzene rings is 1. The predicted molar refractivity (Wildman–Crippen MR) is 76.8 cm³/mol. The van der Waals surface area contributed by atoms with E-state index in [1.807, 2.05) is 18.2 Å². The number of fused-ring (bicyclic) bond motifs is 1. The van der Waals surface area contributed by atoms with Crippen LogP contribution in [0.1, 0.15) is 23.2 Å². The summed E-state index contributed by atoms with van der Waals surface area (Å²) in [5, 5.41) is 1.08. The molecule has 0 aliphatic carbocycles. The number of rotatable bonds is 3. The summed E-state index contributed by atoms with van der Waals surface area (Å²) >= 11 is 0.